The average Bonchev–Trinajstić information content (AvgIpc) is 3.37. The fourth-order valence-electron chi connectivity index (χ4n) is 5.15. The minimum Gasteiger partial charge on any atom is -0.488 e. The Morgan fingerprint density at radius 1 is 0.860 bits per heavy atom. The van der Waals surface area contributed by atoms with Crippen LogP contribution in [-0.2, 0) is 35.4 Å². The number of hydrogen-bond donors (Lipinski definition) is 0. The predicted molar refractivity (Wildman–Crippen MR) is 164 cm³/mol. The molecule has 0 aliphatic carbocycles. The van der Waals surface area contributed by atoms with Crippen LogP contribution in [0.25, 0.3) is 11.1 Å². The largest absolute Gasteiger partial charge is 0.488 e. The van der Waals surface area contributed by atoms with Gasteiger partial charge < -0.3 is 14.4 Å². The molecule has 0 N–H and O–H groups in total. The number of ketones is 1. The van der Waals surface area contributed by atoms with Gasteiger partial charge >= 0.3 is 6.09 Å². The number of Topliss-reactive ketones (excluding diaryl/α,β-unsaturated/α-hetero) is 1. The maximum absolute atomic E-state index is 13.7. The number of hydrogen-bond acceptors (Lipinski definition) is 6. The molecule has 1 aliphatic heterocycles. The predicted octanol–water partition coefficient (Wildman–Crippen LogP) is 6.28. The molecular formula is C35H37N3O5. The Morgan fingerprint density at radius 2 is 1.60 bits per heavy atom. The van der Waals surface area contributed by atoms with E-state index in [1.165, 1.54) is 11.1 Å². The highest BCUT2D eigenvalue weighted by atomic mass is 16.6. The second-order valence-electron chi connectivity index (χ2n) is 11.8. The summed E-state index contributed by atoms with van der Waals surface area (Å²) in [4.78, 5) is 39.9. The van der Waals surface area contributed by atoms with Gasteiger partial charge in [0.1, 0.15) is 18.0 Å². The molecule has 1 amide bonds. The van der Waals surface area contributed by atoms with E-state index in [-0.39, 0.29) is 18.1 Å². The van der Waals surface area contributed by atoms with E-state index >= 15 is 0 Å². The smallest absolute Gasteiger partial charge is 0.435 e. The van der Waals surface area contributed by atoms with Crippen molar-refractivity contribution in [2.24, 2.45) is 0 Å². The zero-order chi connectivity index (χ0) is 30.6. The van der Waals surface area contributed by atoms with Crippen LogP contribution in [0.15, 0.2) is 79.1 Å². The first kappa shape index (κ1) is 29.8. The molecule has 0 saturated carbocycles. The number of ether oxygens (including phenoxy) is 2. The quantitative estimate of drug-likeness (QED) is 0.239. The summed E-state index contributed by atoms with van der Waals surface area (Å²) in [6.07, 6.45) is 4.43. The number of fused-ring (bicyclic) bond motifs is 1. The summed E-state index contributed by atoms with van der Waals surface area (Å²) in [5.41, 5.74) is 5.61. The number of amides is 1. The number of nitrogens with zero attached hydrogens (tertiary/aromatic N) is 3. The van der Waals surface area contributed by atoms with Gasteiger partial charge in [-0.1, -0.05) is 54.6 Å². The molecule has 8 nitrogen and oxygen atoms in total. The Kier molecular flexibility index (Phi) is 8.76. The zero-order valence-corrected chi connectivity index (χ0v) is 25.1. The van der Waals surface area contributed by atoms with Crippen LogP contribution in [0.4, 0.5) is 4.79 Å². The summed E-state index contributed by atoms with van der Waals surface area (Å²) in [6, 6.07) is 21.4. The van der Waals surface area contributed by atoms with Gasteiger partial charge in [-0.2, -0.15) is 9.78 Å². The van der Waals surface area contributed by atoms with Gasteiger partial charge in [0.25, 0.3) is 0 Å². The third-order valence-electron chi connectivity index (χ3n) is 7.40. The van der Waals surface area contributed by atoms with Crippen LogP contribution < -0.4 is 4.74 Å². The molecule has 4 aromatic rings. The van der Waals surface area contributed by atoms with Crippen molar-refractivity contribution in [3.63, 3.8) is 0 Å². The molecule has 2 heterocycles. The van der Waals surface area contributed by atoms with E-state index in [2.05, 4.69) is 17.2 Å². The summed E-state index contributed by atoms with van der Waals surface area (Å²) in [5, 5.41) is 4.18. The van der Waals surface area contributed by atoms with Crippen molar-refractivity contribution in [1.29, 1.82) is 0 Å². The number of rotatable bonds is 7. The molecule has 43 heavy (non-hydrogen) atoms. The van der Waals surface area contributed by atoms with Crippen molar-refractivity contribution in [2.45, 2.75) is 59.2 Å². The first-order chi connectivity index (χ1) is 20.6. The summed E-state index contributed by atoms with van der Waals surface area (Å²) in [7, 11) is 0. The Morgan fingerprint density at radius 3 is 2.33 bits per heavy atom. The van der Waals surface area contributed by atoms with E-state index in [4.69, 9.17) is 9.47 Å². The van der Waals surface area contributed by atoms with Crippen molar-refractivity contribution in [1.82, 2.24) is 14.7 Å². The van der Waals surface area contributed by atoms with Gasteiger partial charge in [0.2, 0.25) is 5.91 Å². The van der Waals surface area contributed by atoms with E-state index in [0.717, 1.165) is 34.2 Å². The minimum absolute atomic E-state index is 0.0574. The first-order valence-electron chi connectivity index (χ1n) is 14.5. The van der Waals surface area contributed by atoms with Gasteiger partial charge in [0.15, 0.2) is 5.78 Å². The van der Waals surface area contributed by atoms with Crippen LogP contribution in [0.2, 0.25) is 0 Å². The Bertz CT molecular complexity index is 1630. The lowest BCUT2D eigenvalue weighted by molar-refractivity contribution is -0.128. The summed E-state index contributed by atoms with van der Waals surface area (Å²) >= 11 is 0. The summed E-state index contributed by atoms with van der Waals surface area (Å²) in [5.74, 6) is 0.494. The molecule has 5 rings (SSSR count). The monoisotopic (exact) mass is 579 g/mol. The van der Waals surface area contributed by atoms with Gasteiger partial charge in [-0.05, 0) is 73.6 Å². The molecule has 0 unspecified atom stereocenters. The van der Waals surface area contributed by atoms with Crippen LogP contribution in [0, 0.1) is 0 Å². The minimum atomic E-state index is -0.643. The molecule has 0 spiro atoms. The maximum atomic E-state index is 13.7. The average molecular weight is 580 g/mol. The SMILES string of the molecule is CC(=O)N1CCc2ccc(CC(=O)c3ccc(-c4cnn(C(=O)OC(C)(C)C)c4)cc3OCc3ccccc3)cc2CC1. The lowest BCUT2D eigenvalue weighted by atomic mass is 9.95. The molecule has 0 radical (unpaired) electrons. The number of aromatic nitrogens is 2. The van der Waals surface area contributed by atoms with E-state index in [0.29, 0.717) is 36.6 Å². The van der Waals surface area contributed by atoms with Crippen LogP contribution in [-0.4, -0.2) is 51.2 Å². The topological polar surface area (TPSA) is 90.7 Å². The van der Waals surface area contributed by atoms with E-state index in [9.17, 15) is 14.4 Å². The number of benzene rings is 3. The molecule has 0 saturated heterocycles. The van der Waals surface area contributed by atoms with Crippen LogP contribution in [0.1, 0.15) is 60.3 Å². The lowest BCUT2D eigenvalue weighted by Gasteiger charge is -2.18. The number of carbonyl (C=O) groups excluding carboxylic acids is 3. The van der Waals surface area contributed by atoms with Crippen LogP contribution in [0.3, 0.4) is 0 Å². The summed E-state index contributed by atoms with van der Waals surface area (Å²) < 4.78 is 12.8. The molecule has 222 valence electrons. The van der Waals surface area contributed by atoms with Crippen LogP contribution >= 0.6 is 0 Å². The second kappa shape index (κ2) is 12.7. The van der Waals surface area contributed by atoms with Gasteiger partial charge in [-0.3, -0.25) is 9.59 Å². The van der Waals surface area contributed by atoms with Gasteiger partial charge in [0.05, 0.1) is 11.8 Å². The van der Waals surface area contributed by atoms with Gasteiger partial charge in [-0.25, -0.2) is 4.79 Å². The van der Waals surface area contributed by atoms with Crippen molar-refractivity contribution < 1.29 is 23.9 Å². The molecule has 0 atom stereocenters. The second-order valence-corrected chi connectivity index (χ2v) is 11.8. The molecule has 8 heteroatoms. The first-order valence-corrected chi connectivity index (χ1v) is 14.5. The molecule has 1 aromatic heterocycles. The molecule has 3 aromatic carbocycles. The Balaban J connectivity index is 1.39. The highest BCUT2D eigenvalue weighted by Crippen LogP contribution is 2.30. The molecule has 0 fully saturated rings. The van der Waals surface area contributed by atoms with Gasteiger partial charge in [0, 0.05) is 38.2 Å². The van der Waals surface area contributed by atoms with Crippen molar-refractivity contribution in [3.05, 3.63) is 107 Å². The van der Waals surface area contributed by atoms with E-state index in [1.54, 1.807) is 46.2 Å². The van der Waals surface area contributed by atoms with Crippen LogP contribution in [0.5, 0.6) is 5.75 Å². The highest BCUT2D eigenvalue weighted by Gasteiger charge is 2.21. The highest BCUT2D eigenvalue weighted by molar-refractivity contribution is 6.00. The Labute approximate surface area is 252 Å². The molecular weight excluding hydrogens is 542 g/mol. The van der Waals surface area contributed by atoms with E-state index < -0.39 is 11.7 Å². The molecule has 0 bridgehead atoms. The lowest BCUT2D eigenvalue weighted by Crippen LogP contribution is -2.30. The molecule has 1 aliphatic rings. The zero-order valence-electron chi connectivity index (χ0n) is 25.1. The standard InChI is InChI=1S/C35H37N3O5/c1-24(39)37-16-14-27-11-10-26(18-29(27)15-17-37)19-32(40)31-13-12-28(20-33(31)42-23-25-8-6-5-7-9-25)30-21-36-38(22-30)34(41)43-35(2,3)4/h5-13,18,20-22H,14-17,19,23H2,1-4H3. The Hall–Kier alpha value is -4.72. The van der Waals surface area contributed by atoms with Crippen molar-refractivity contribution >= 4 is 17.8 Å². The van der Waals surface area contributed by atoms with E-state index in [1.807, 2.05) is 53.4 Å². The fourth-order valence-corrected chi connectivity index (χ4v) is 5.15. The maximum Gasteiger partial charge on any atom is 0.435 e. The number of carbonyl (C=O) groups is 3. The third-order valence-corrected chi connectivity index (χ3v) is 7.40. The van der Waals surface area contributed by atoms with Crippen molar-refractivity contribution in [2.75, 3.05) is 13.1 Å². The normalized spacial score (nSPS) is 13.2. The van der Waals surface area contributed by atoms with Gasteiger partial charge in [-0.15, -0.1) is 0 Å². The summed E-state index contributed by atoms with van der Waals surface area (Å²) in [6.45, 7) is 8.71. The third kappa shape index (κ3) is 7.57. The van der Waals surface area contributed by atoms with Crippen molar-refractivity contribution in [3.8, 4) is 16.9 Å². The fraction of sp³-hybridized carbons (Fsp3) is 0.314.